The predicted molar refractivity (Wildman–Crippen MR) is 130 cm³/mol. The molecule has 0 aliphatic carbocycles. The molecule has 1 aliphatic rings. The summed E-state index contributed by atoms with van der Waals surface area (Å²) in [6.45, 7) is 2.28. The molecular formula is C25H24N4O5. The summed E-state index contributed by atoms with van der Waals surface area (Å²) >= 11 is 0. The van der Waals surface area contributed by atoms with Gasteiger partial charge in [-0.25, -0.2) is 4.79 Å². The van der Waals surface area contributed by atoms with Crippen LogP contribution in [0.5, 0.6) is 5.75 Å². The van der Waals surface area contributed by atoms with Gasteiger partial charge in [-0.2, -0.15) is 0 Å². The Hall–Kier alpha value is -4.40. The van der Waals surface area contributed by atoms with Crippen molar-refractivity contribution in [1.82, 2.24) is 9.13 Å². The van der Waals surface area contributed by atoms with Crippen molar-refractivity contribution in [2.75, 3.05) is 17.7 Å². The first kappa shape index (κ1) is 22.8. The molecule has 0 saturated carbocycles. The van der Waals surface area contributed by atoms with E-state index in [1.807, 2.05) is 6.92 Å². The molecule has 1 amide bonds. The summed E-state index contributed by atoms with van der Waals surface area (Å²) in [4.78, 5) is 50.7. The molecule has 34 heavy (non-hydrogen) atoms. The number of anilines is 2. The number of nitrogens with zero attached hydrogens (tertiary/aromatic N) is 2. The van der Waals surface area contributed by atoms with Gasteiger partial charge in [0.15, 0.2) is 0 Å². The zero-order chi connectivity index (χ0) is 24.4. The average molecular weight is 460 g/mol. The van der Waals surface area contributed by atoms with Crippen LogP contribution in [0.3, 0.4) is 0 Å². The second kappa shape index (κ2) is 9.22. The molecule has 2 aromatic carbocycles. The summed E-state index contributed by atoms with van der Waals surface area (Å²) in [5, 5.41) is 5.78. The van der Waals surface area contributed by atoms with Gasteiger partial charge in [-0.05, 0) is 54.5 Å². The topological polar surface area (TPSA) is 111 Å². The molecule has 0 saturated heterocycles. The van der Waals surface area contributed by atoms with Crippen molar-refractivity contribution in [3.8, 4) is 5.75 Å². The minimum absolute atomic E-state index is 0.0502. The van der Waals surface area contributed by atoms with Crippen LogP contribution in [0, 0.1) is 0 Å². The minimum atomic E-state index is -0.631. The summed E-state index contributed by atoms with van der Waals surface area (Å²) in [6, 6.07) is 13.7. The first-order chi connectivity index (χ1) is 16.3. The van der Waals surface area contributed by atoms with Crippen molar-refractivity contribution in [1.29, 1.82) is 0 Å². The largest absolute Gasteiger partial charge is 0.497 e. The second-order valence-electron chi connectivity index (χ2n) is 7.84. The van der Waals surface area contributed by atoms with Gasteiger partial charge in [0, 0.05) is 24.8 Å². The Morgan fingerprint density at radius 1 is 1.12 bits per heavy atom. The van der Waals surface area contributed by atoms with Gasteiger partial charge in [0.1, 0.15) is 17.1 Å². The van der Waals surface area contributed by atoms with Crippen molar-refractivity contribution < 1.29 is 14.3 Å². The number of hydrogen-bond acceptors (Lipinski definition) is 6. The van der Waals surface area contributed by atoms with Gasteiger partial charge >= 0.3 is 5.69 Å². The van der Waals surface area contributed by atoms with Gasteiger partial charge in [0.25, 0.3) is 11.5 Å². The van der Waals surface area contributed by atoms with Crippen molar-refractivity contribution in [3.63, 3.8) is 0 Å². The number of rotatable bonds is 6. The number of methoxy groups -OCH3 is 1. The molecule has 174 valence electrons. The third-order valence-corrected chi connectivity index (χ3v) is 5.52. The second-order valence-corrected chi connectivity index (χ2v) is 7.84. The monoisotopic (exact) mass is 460 g/mol. The van der Waals surface area contributed by atoms with E-state index in [1.54, 1.807) is 61.7 Å². The number of allylic oxidation sites excluding steroid dienone is 1. The lowest BCUT2D eigenvalue weighted by atomic mass is 10.1. The normalized spacial score (nSPS) is 13.5. The molecule has 0 spiro atoms. The molecular weight excluding hydrogens is 436 g/mol. The van der Waals surface area contributed by atoms with E-state index in [0.717, 1.165) is 4.57 Å². The standard InChI is InChI=1S/C25H24N4O5/c1-4-12-29-22-20(24(32)28(2)25(29)33)21(30)19(27-22)14-15-6-5-7-17(13-15)26-23(31)16-8-10-18(34-3)11-9-16/h5-11,13-14,27H,4,12H2,1-3H3,(H,26,31)/b19-14-. The highest BCUT2D eigenvalue weighted by Crippen LogP contribution is 2.26. The van der Waals surface area contributed by atoms with Crippen molar-refractivity contribution in [2.24, 2.45) is 7.05 Å². The van der Waals surface area contributed by atoms with Crippen LogP contribution in [0.4, 0.5) is 11.5 Å². The van der Waals surface area contributed by atoms with Crippen molar-refractivity contribution in [2.45, 2.75) is 19.9 Å². The Morgan fingerprint density at radius 2 is 1.85 bits per heavy atom. The Kier molecular flexibility index (Phi) is 6.18. The molecule has 0 fully saturated rings. The molecule has 0 unspecified atom stereocenters. The molecule has 2 N–H and O–H groups in total. The fourth-order valence-electron chi connectivity index (χ4n) is 3.77. The van der Waals surface area contributed by atoms with Gasteiger partial charge in [0.2, 0.25) is 5.78 Å². The minimum Gasteiger partial charge on any atom is -0.497 e. The SMILES string of the molecule is CCCn1c2c(c(=O)n(C)c1=O)C(=O)/C(=C/c1cccc(NC(=O)c3ccc(OC)cc3)c1)N2. The van der Waals surface area contributed by atoms with Gasteiger partial charge in [-0.3, -0.25) is 23.5 Å². The molecule has 2 heterocycles. The third kappa shape index (κ3) is 4.15. The Balaban J connectivity index is 1.62. The van der Waals surface area contributed by atoms with Crippen LogP contribution in [-0.2, 0) is 13.6 Å². The first-order valence-corrected chi connectivity index (χ1v) is 10.8. The summed E-state index contributed by atoms with van der Waals surface area (Å²) in [5.74, 6) is 0.101. The zero-order valence-corrected chi connectivity index (χ0v) is 19.0. The molecule has 1 aromatic heterocycles. The highest BCUT2D eigenvalue weighted by molar-refractivity contribution is 6.19. The van der Waals surface area contributed by atoms with Crippen LogP contribution in [-0.4, -0.2) is 27.9 Å². The molecule has 1 aliphatic heterocycles. The van der Waals surface area contributed by atoms with Crippen LogP contribution < -0.4 is 26.6 Å². The molecule has 0 bridgehead atoms. The lowest BCUT2D eigenvalue weighted by Gasteiger charge is -2.11. The van der Waals surface area contributed by atoms with E-state index in [0.29, 0.717) is 35.5 Å². The molecule has 3 aromatic rings. The highest BCUT2D eigenvalue weighted by atomic mass is 16.5. The number of carbonyl (C=O) groups excluding carboxylic acids is 2. The summed E-state index contributed by atoms with van der Waals surface area (Å²) in [7, 11) is 2.92. The van der Waals surface area contributed by atoms with E-state index in [2.05, 4.69) is 10.6 Å². The Bertz CT molecular complexity index is 1430. The number of carbonyl (C=O) groups is 2. The fourth-order valence-corrected chi connectivity index (χ4v) is 3.77. The van der Waals surface area contributed by atoms with Crippen LogP contribution in [0.1, 0.15) is 39.6 Å². The molecule has 9 heteroatoms. The number of aromatic nitrogens is 2. The van der Waals surface area contributed by atoms with E-state index < -0.39 is 17.0 Å². The third-order valence-electron chi connectivity index (χ3n) is 5.52. The van der Waals surface area contributed by atoms with E-state index in [4.69, 9.17) is 4.74 Å². The molecule has 9 nitrogen and oxygen atoms in total. The number of fused-ring (bicyclic) bond motifs is 1. The van der Waals surface area contributed by atoms with Crippen molar-refractivity contribution >= 4 is 29.3 Å². The number of ether oxygens (including phenoxy) is 1. The van der Waals surface area contributed by atoms with Crippen molar-refractivity contribution in [3.05, 3.63) is 91.8 Å². The first-order valence-electron chi connectivity index (χ1n) is 10.8. The van der Waals surface area contributed by atoms with E-state index in [1.165, 1.54) is 11.6 Å². The molecule has 0 radical (unpaired) electrons. The number of ketones is 1. The Labute approximate surface area is 195 Å². The maximum absolute atomic E-state index is 13.0. The summed E-state index contributed by atoms with van der Waals surface area (Å²) in [6.07, 6.45) is 2.25. The van der Waals surface area contributed by atoms with Crippen LogP contribution in [0.25, 0.3) is 6.08 Å². The number of benzene rings is 2. The van der Waals surface area contributed by atoms with Gasteiger partial charge < -0.3 is 15.4 Å². The lowest BCUT2D eigenvalue weighted by molar-refractivity contribution is 0.102. The maximum Gasteiger partial charge on any atom is 0.332 e. The van der Waals surface area contributed by atoms with Gasteiger partial charge in [-0.15, -0.1) is 0 Å². The highest BCUT2D eigenvalue weighted by Gasteiger charge is 2.32. The van der Waals surface area contributed by atoms with Crippen LogP contribution >= 0.6 is 0 Å². The van der Waals surface area contributed by atoms with Crippen LogP contribution in [0.2, 0.25) is 0 Å². The number of hydrogen-bond donors (Lipinski definition) is 2. The fraction of sp³-hybridized carbons (Fsp3) is 0.200. The molecule has 4 rings (SSSR count). The Morgan fingerprint density at radius 3 is 2.53 bits per heavy atom. The number of nitrogens with one attached hydrogen (secondary N) is 2. The summed E-state index contributed by atoms with van der Waals surface area (Å²) < 4.78 is 7.46. The zero-order valence-electron chi connectivity index (χ0n) is 19.0. The maximum atomic E-state index is 13.0. The average Bonchev–Trinajstić information content (AvgIpc) is 3.16. The quantitative estimate of drug-likeness (QED) is 0.547. The van der Waals surface area contributed by atoms with E-state index in [9.17, 15) is 19.2 Å². The predicted octanol–water partition coefficient (Wildman–Crippen LogP) is 2.87. The smallest absolute Gasteiger partial charge is 0.332 e. The molecule has 0 atom stereocenters. The lowest BCUT2D eigenvalue weighted by Crippen LogP contribution is -2.40. The summed E-state index contributed by atoms with van der Waals surface area (Å²) in [5.41, 5.74) is 0.669. The number of Topliss-reactive ketones (excluding diaryl/α,β-unsaturated/α-hetero) is 1. The number of amides is 1. The van der Waals surface area contributed by atoms with Crippen LogP contribution in [0.15, 0.2) is 63.8 Å². The van der Waals surface area contributed by atoms with Gasteiger partial charge in [0.05, 0.1) is 12.8 Å². The van der Waals surface area contributed by atoms with Gasteiger partial charge in [-0.1, -0.05) is 19.1 Å². The van der Waals surface area contributed by atoms with E-state index in [-0.39, 0.29) is 23.0 Å². The van der Waals surface area contributed by atoms with E-state index >= 15 is 0 Å².